The maximum absolute atomic E-state index is 11.8. The van der Waals surface area contributed by atoms with E-state index < -0.39 is 18.3 Å². The summed E-state index contributed by atoms with van der Waals surface area (Å²) in [4.78, 5) is 3.93. The molecule has 1 fully saturated rings. The van der Waals surface area contributed by atoms with E-state index in [0.717, 1.165) is 19.3 Å². The average molecular weight is 251 g/mol. The SMILES string of the molecule is NC1(c2nc(COCC(F)(F)F)no2)CCC1. The van der Waals surface area contributed by atoms with Gasteiger partial charge in [-0.2, -0.15) is 18.2 Å². The first-order valence-electron chi connectivity index (χ1n) is 5.15. The zero-order valence-electron chi connectivity index (χ0n) is 8.96. The average Bonchev–Trinajstić information content (AvgIpc) is 2.61. The van der Waals surface area contributed by atoms with E-state index in [9.17, 15) is 13.2 Å². The summed E-state index contributed by atoms with van der Waals surface area (Å²) in [6.07, 6.45) is -1.87. The molecular formula is C9H12F3N3O2. The summed E-state index contributed by atoms with van der Waals surface area (Å²) >= 11 is 0. The summed E-state index contributed by atoms with van der Waals surface area (Å²) in [5.74, 6) is 0.357. The molecule has 5 nitrogen and oxygen atoms in total. The van der Waals surface area contributed by atoms with Crippen molar-refractivity contribution in [1.29, 1.82) is 0 Å². The Kier molecular flexibility index (Phi) is 3.09. The van der Waals surface area contributed by atoms with Crippen LogP contribution in [0, 0.1) is 0 Å². The second-order valence-electron chi connectivity index (χ2n) is 4.13. The lowest BCUT2D eigenvalue weighted by atomic mass is 9.78. The van der Waals surface area contributed by atoms with E-state index in [0.29, 0.717) is 0 Å². The highest BCUT2D eigenvalue weighted by Crippen LogP contribution is 2.37. The standard InChI is InChI=1S/C9H12F3N3O2/c10-9(11,12)5-16-4-6-14-7(17-15-6)8(13)2-1-3-8/h1-5,13H2. The third-order valence-corrected chi connectivity index (χ3v) is 2.64. The second-order valence-corrected chi connectivity index (χ2v) is 4.13. The van der Waals surface area contributed by atoms with Gasteiger partial charge in [0.25, 0.3) is 0 Å². The molecule has 8 heteroatoms. The van der Waals surface area contributed by atoms with Crippen LogP contribution < -0.4 is 5.73 Å². The Hall–Kier alpha value is -1.15. The molecule has 0 atom stereocenters. The van der Waals surface area contributed by atoms with Crippen LogP contribution in [-0.4, -0.2) is 22.9 Å². The third kappa shape index (κ3) is 2.95. The first-order valence-corrected chi connectivity index (χ1v) is 5.15. The second kappa shape index (κ2) is 4.26. The lowest BCUT2D eigenvalue weighted by molar-refractivity contribution is -0.177. The van der Waals surface area contributed by atoms with E-state index in [2.05, 4.69) is 14.9 Å². The molecule has 0 bridgehead atoms. The van der Waals surface area contributed by atoms with Gasteiger partial charge in [-0.05, 0) is 19.3 Å². The number of hydrogen-bond acceptors (Lipinski definition) is 5. The normalized spacial score (nSPS) is 19.1. The van der Waals surface area contributed by atoms with Gasteiger partial charge in [0.2, 0.25) is 5.89 Å². The van der Waals surface area contributed by atoms with Gasteiger partial charge < -0.3 is 15.0 Å². The molecule has 0 spiro atoms. The fourth-order valence-electron chi connectivity index (χ4n) is 1.54. The number of alkyl halides is 3. The van der Waals surface area contributed by atoms with Crippen molar-refractivity contribution in [2.24, 2.45) is 5.73 Å². The summed E-state index contributed by atoms with van der Waals surface area (Å²) in [5.41, 5.74) is 5.32. The Morgan fingerprint density at radius 3 is 2.65 bits per heavy atom. The van der Waals surface area contributed by atoms with Crippen LogP contribution in [0.25, 0.3) is 0 Å². The highest BCUT2D eigenvalue weighted by Gasteiger charge is 2.39. The van der Waals surface area contributed by atoms with Gasteiger partial charge in [0.1, 0.15) is 13.2 Å². The summed E-state index contributed by atoms with van der Waals surface area (Å²) in [7, 11) is 0. The fourth-order valence-corrected chi connectivity index (χ4v) is 1.54. The quantitative estimate of drug-likeness (QED) is 0.877. The molecule has 0 radical (unpaired) electrons. The van der Waals surface area contributed by atoms with Crippen LogP contribution in [0.4, 0.5) is 13.2 Å². The predicted molar refractivity (Wildman–Crippen MR) is 49.7 cm³/mol. The third-order valence-electron chi connectivity index (χ3n) is 2.64. The van der Waals surface area contributed by atoms with Gasteiger partial charge in [-0.3, -0.25) is 0 Å². The van der Waals surface area contributed by atoms with E-state index in [1.807, 2.05) is 0 Å². The minimum absolute atomic E-state index is 0.0842. The van der Waals surface area contributed by atoms with Gasteiger partial charge in [0.05, 0.1) is 5.54 Å². The maximum Gasteiger partial charge on any atom is 0.411 e. The topological polar surface area (TPSA) is 74.2 Å². The molecule has 0 aliphatic heterocycles. The van der Waals surface area contributed by atoms with Crippen molar-refractivity contribution >= 4 is 0 Å². The zero-order chi connectivity index (χ0) is 12.5. The molecule has 1 aliphatic rings. The molecule has 0 saturated heterocycles. The molecule has 1 aromatic rings. The van der Waals surface area contributed by atoms with E-state index >= 15 is 0 Å². The van der Waals surface area contributed by atoms with E-state index in [-0.39, 0.29) is 18.3 Å². The van der Waals surface area contributed by atoms with Gasteiger partial charge in [-0.25, -0.2) is 0 Å². The van der Waals surface area contributed by atoms with E-state index in [1.54, 1.807) is 0 Å². The lowest BCUT2D eigenvalue weighted by Gasteiger charge is -2.33. The van der Waals surface area contributed by atoms with Crippen molar-refractivity contribution in [3.63, 3.8) is 0 Å². The molecule has 0 amide bonds. The lowest BCUT2D eigenvalue weighted by Crippen LogP contribution is -2.43. The van der Waals surface area contributed by atoms with Crippen molar-refractivity contribution in [1.82, 2.24) is 10.1 Å². The Morgan fingerprint density at radius 1 is 1.41 bits per heavy atom. The molecule has 2 N–H and O–H groups in total. The van der Waals surface area contributed by atoms with Crippen molar-refractivity contribution in [2.75, 3.05) is 6.61 Å². The Labute approximate surface area is 95.1 Å². The predicted octanol–water partition coefficient (Wildman–Crippen LogP) is 1.49. The van der Waals surface area contributed by atoms with Crippen LogP contribution in [0.1, 0.15) is 31.0 Å². The van der Waals surface area contributed by atoms with Gasteiger partial charge >= 0.3 is 6.18 Å². The van der Waals surface area contributed by atoms with Crippen molar-refractivity contribution in [3.05, 3.63) is 11.7 Å². The van der Waals surface area contributed by atoms with Gasteiger partial charge in [0, 0.05) is 0 Å². The number of nitrogens with zero attached hydrogens (tertiary/aromatic N) is 2. The molecule has 1 aromatic heterocycles. The van der Waals surface area contributed by atoms with Crippen molar-refractivity contribution in [3.8, 4) is 0 Å². The van der Waals surface area contributed by atoms with Crippen LogP contribution in [0.5, 0.6) is 0 Å². The minimum atomic E-state index is -4.35. The van der Waals surface area contributed by atoms with Crippen LogP contribution in [-0.2, 0) is 16.9 Å². The summed E-state index contributed by atoms with van der Waals surface area (Å²) in [5, 5.41) is 3.53. The molecule has 0 unspecified atom stereocenters. The molecule has 0 aromatic carbocycles. The summed E-state index contributed by atoms with van der Waals surface area (Å²) in [6.45, 7) is -1.66. The highest BCUT2D eigenvalue weighted by atomic mass is 19.4. The van der Waals surface area contributed by atoms with E-state index in [1.165, 1.54) is 0 Å². The number of ether oxygens (including phenoxy) is 1. The van der Waals surface area contributed by atoms with Crippen LogP contribution >= 0.6 is 0 Å². The summed E-state index contributed by atoms with van der Waals surface area (Å²) in [6, 6.07) is 0. The Bertz CT molecular complexity index is 387. The molecule has 17 heavy (non-hydrogen) atoms. The van der Waals surface area contributed by atoms with Crippen LogP contribution in [0.2, 0.25) is 0 Å². The van der Waals surface area contributed by atoms with Crippen LogP contribution in [0.3, 0.4) is 0 Å². The first-order chi connectivity index (χ1) is 7.89. The number of nitrogens with two attached hydrogens (primary N) is 1. The van der Waals surface area contributed by atoms with Gasteiger partial charge in [0.15, 0.2) is 5.82 Å². The molecule has 1 aliphatic carbocycles. The monoisotopic (exact) mass is 251 g/mol. The molecule has 1 heterocycles. The fraction of sp³-hybridized carbons (Fsp3) is 0.778. The highest BCUT2D eigenvalue weighted by molar-refractivity contribution is 5.06. The molecule has 96 valence electrons. The number of hydrogen-bond donors (Lipinski definition) is 1. The number of rotatable bonds is 4. The molecule has 1 saturated carbocycles. The van der Waals surface area contributed by atoms with Crippen LogP contribution in [0.15, 0.2) is 4.52 Å². The number of aromatic nitrogens is 2. The first kappa shape index (κ1) is 12.3. The molecular weight excluding hydrogens is 239 g/mol. The van der Waals surface area contributed by atoms with Gasteiger partial charge in [-0.1, -0.05) is 5.16 Å². The van der Waals surface area contributed by atoms with E-state index in [4.69, 9.17) is 10.3 Å². The van der Waals surface area contributed by atoms with Crippen molar-refractivity contribution < 1.29 is 22.4 Å². The van der Waals surface area contributed by atoms with Gasteiger partial charge in [-0.15, -0.1) is 0 Å². The summed E-state index contributed by atoms with van der Waals surface area (Å²) < 4.78 is 44.7. The maximum atomic E-state index is 11.8. The Balaban J connectivity index is 1.86. The molecule has 2 rings (SSSR count). The largest absolute Gasteiger partial charge is 0.411 e. The zero-order valence-corrected chi connectivity index (χ0v) is 8.96. The smallest absolute Gasteiger partial charge is 0.364 e. The minimum Gasteiger partial charge on any atom is -0.364 e. The van der Waals surface area contributed by atoms with Crippen molar-refractivity contribution in [2.45, 2.75) is 37.6 Å². The number of halogens is 3. The Morgan fingerprint density at radius 2 is 2.12 bits per heavy atom.